The van der Waals surface area contributed by atoms with Gasteiger partial charge in [-0.15, -0.1) is 24.0 Å². The third-order valence-corrected chi connectivity index (χ3v) is 4.85. The van der Waals surface area contributed by atoms with E-state index in [1.165, 1.54) is 19.3 Å². The zero-order chi connectivity index (χ0) is 18.2. The van der Waals surface area contributed by atoms with Gasteiger partial charge in [0.25, 0.3) is 0 Å². The summed E-state index contributed by atoms with van der Waals surface area (Å²) in [4.78, 5) is 11.5. The summed E-state index contributed by atoms with van der Waals surface area (Å²) in [5, 5.41) is 3.42. The summed E-state index contributed by atoms with van der Waals surface area (Å²) < 4.78 is 11.4. The van der Waals surface area contributed by atoms with Crippen LogP contribution in [0.15, 0.2) is 23.3 Å². The molecule has 1 aromatic heterocycles. The number of rotatable bonds is 9. The van der Waals surface area contributed by atoms with Gasteiger partial charge in [-0.3, -0.25) is 0 Å². The Hall–Kier alpha value is -1.09. The second-order valence-electron chi connectivity index (χ2n) is 7.19. The van der Waals surface area contributed by atoms with Crippen LogP contribution in [0.2, 0.25) is 0 Å². The summed E-state index contributed by atoms with van der Waals surface area (Å²) in [7, 11) is 0. The predicted molar refractivity (Wildman–Crippen MR) is 119 cm³/mol. The second kappa shape index (κ2) is 11.7. The predicted octanol–water partition coefficient (Wildman–Crippen LogP) is 3.31. The van der Waals surface area contributed by atoms with Gasteiger partial charge in [0, 0.05) is 44.4 Å². The number of nitrogens with one attached hydrogen (secondary N) is 1. The van der Waals surface area contributed by atoms with E-state index in [4.69, 9.17) is 14.5 Å². The lowest BCUT2D eigenvalue weighted by molar-refractivity contribution is 0.114. The van der Waals surface area contributed by atoms with E-state index in [2.05, 4.69) is 29.0 Å². The molecule has 6 nitrogen and oxygen atoms in total. The van der Waals surface area contributed by atoms with Crippen LogP contribution in [0, 0.1) is 11.8 Å². The third-order valence-electron chi connectivity index (χ3n) is 4.85. The number of ether oxygens (including phenoxy) is 2. The molecule has 1 N–H and O–H groups in total. The Balaban J connectivity index is 0.00000261. The Morgan fingerprint density at radius 3 is 2.85 bits per heavy atom. The van der Waals surface area contributed by atoms with Crippen molar-refractivity contribution >= 4 is 29.9 Å². The van der Waals surface area contributed by atoms with E-state index in [1.54, 1.807) is 0 Å². The molecule has 1 aliphatic carbocycles. The fourth-order valence-corrected chi connectivity index (χ4v) is 3.15. The van der Waals surface area contributed by atoms with E-state index < -0.39 is 0 Å². The molecule has 1 saturated carbocycles. The highest BCUT2D eigenvalue weighted by Gasteiger charge is 2.25. The standard InChI is InChI=1S/C20H32N4O2.HI/c1-3-21-20(24-10-8-18(13-24)14-25-4-2)23-12-17-7-9-22-19(11-17)26-15-16-5-6-16;/h7,9,11,16,18H,3-6,8,10,12-15H2,1-2H3,(H,21,23);1H. The zero-order valence-corrected chi connectivity index (χ0v) is 18.9. The van der Waals surface area contributed by atoms with Crippen molar-refractivity contribution in [3.63, 3.8) is 0 Å². The Morgan fingerprint density at radius 1 is 1.26 bits per heavy atom. The minimum absolute atomic E-state index is 0. The molecule has 1 saturated heterocycles. The first-order chi connectivity index (χ1) is 12.8. The molecule has 2 fully saturated rings. The van der Waals surface area contributed by atoms with E-state index in [0.717, 1.165) is 56.9 Å². The van der Waals surface area contributed by atoms with Crippen LogP contribution in [-0.2, 0) is 11.3 Å². The minimum Gasteiger partial charge on any atom is -0.477 e. The van der Waals surface area contributed by atoms with Gasteiger partial charge in [0.1, 0.15) is 0 Å². The molecule has 0 radical (unpaired) electrons. The van der Waals surface area contributed by atoms with E-state index in [-0.39, 0.29) is 24.0 Å². The lowest BCUT2D eigenvalue weighted by Gasteiger charge is -2.21. The van der Waals surface area contributed by atoms with Crippen molar-refractivity contribution in [1.82, 2.24) is 15.2 Å². The first-order valence-electron chi connectivity index (χ1n) is 9.97. The molecule has 0 bridgehead atoms. The fourth-order valence-electron chi connectivity index (χ4n) is 3.15. The van der Waals surface area contributed by atoms with Crippen LogP contribution in [0.1, 0.15) is 38.7 Å². The normalized spacial score (nSPS) is 19.7. The molecular weight excluding hydrogens is 455 g/mol. The van der Waals surface area contributed by atoms with Gasteiger partial charge in [-0.25, -0.2) is 9.98 Å². The van der Waals surface area contributed by atoms with E-state index in [9.17, 15) is 0 Å². The highest BCUT2D eigenvalue weighted by molar-refractivity contribution is 14.0. The van der Waals surface area contributed by atoms with Gasteiger partial charge < -0.3 is 19.7 Å². The molecule has 1 unspecified atom stereocenters. The molecule has 152 valence electrons. The molecule has 0 amide bonds. The Morgan fingerprint density at radius 2 is 2.11 bits per heavy atom. The number of nitrogens with zero attached hydrogens (tertiary/aromatic N) is 3. The molecule has 1 aliphatic heterocycles. The van der Waals surface area contributed by atoms with Crippen molar-refractivity contribution in [3.05, 3.63) is 23.9 Å². The first kappa shape index (κ1) is 22.2. The minimum atomic E-state index is 0. The van der Waals surface area contributed by atoms with Crippen LogP contribution in [0.3, 0.4) is 0 Å². The van der Waals surface area contributed by atoms with Crippen molar-refractivity contribution in [2.75, 3.05) is 39.5 Å². The van der Waals surface area contributed by atoms with Gasteiger partial charge in [0.05, 0.1) is 19.8 Å². The number of likely N-dealkylation sites (tertiary alicyclic amines) is 1. The van der Waals surface area contributed by atoms with Gasteiger partial charge in [0.2, 0.25) is 5.88 Å². The molecule has 1 aromatic rings. The molecule has 2 heterocycles. The van der Waals surface area contributed by atoms with Gasteiger partial charge in [-0.05, 0) is 50.7 Å². The van der Waals surface area contributed by atoms with E-state index >= 15 is 0 Å². The van der Waals surface area contributed by atoms with Crippen LogP contribution >= 0.6 is 24.0 Å². The molecule has 0 spiro atoms. The monoisotopic (exact) mass is 488 g/mol. The van der Waals surface area contributed by atoms with E-state index in [0.29, 0.717) is 18.3 Å². The van der Waals surface area contributed by atoms with Gasteiger partial charge in [-0.1, -0.05) is 0 Å². The fraction of sp³-hybridized carbons (Fsp3) is 0.700. The van der Waals surface area contributed by atoms with Crippen molar-refractivity contribution in [3.8, 4) is 5.88 Å². The van der Waals surface area contributed by atoms with Crippen LogP contribution < -0.4 is 10.1 Å². The smallest absolute Gasteiger partial charge is 0.213 e. The van der Waals surface area contributed by atoms with Gasteiger partial charge >= 0.3 is 0 Å². The number of halogens is 1. The molecule has 7 heteroatoms. The topological polar surface area (TPSA) is 59.0 Å². The van der Waals surface area contributed by atoms with Crippen molar-refractivity contribution in [1.29, 1.82) is 0 Å². The number of aromatic nitrogens is 1. The molecular formula is C20H33IN4O2. The van der Waals surface area contributed by atoms with Crippen molar-refractivity contribution < 1.29 is 9.47 Å². The van der Waals surface area contributed by atoms with Crippen LogP contribution in [0.5, 0.6) is 5.88 Å². The quantitative estimate of drug-likeness (QED) is 0.329. The Kier molecular flexibility index (Phi) is 9.61. The maximum Gasteiger partial charge on any atom is 0.213 e. The average molecular weight is 488 g/mol. The lowest BCUT2D eigenvalue weighted by atomic mass is 10.1. The molecule has 2 aliphatic rings. The largest absolute Gasteiger partial charge is 0.477 e. The molecule has 27 heavy (non-hydrogen) atoms. The number of hydrogen-bond donors (Lipinski definition) is 1. The summed E-state index contributed by atoms with van der Waals surface area (Å²) in [6, 6.07) is 4.02. The van der Waals surface area contributed by atoms with Gasteiger partial charge in [-0.2, -0.15) is 0 Å². The average Bonchev–Trinajstić information content (AvgIpc) is 3.38. The lowest BCUT2D eigenvalue weighted by Crippen LogP contribution is -2.40. The maximum absolute atomic E-state index is 5.78. The SMILES string of the molecule is CCNC(=NCc1ccnc(OCC2CC2)c1)N1CCC(COCC)C1.I. The Bertz CT molecular complexity index is 595. The number of guanidine groups is 1. The first-order valence-corrected chi connectivity index (χ1v) is 9.97. The summed E-state index contributed by atoms with van der Waals surface area (Å²) >= 11 is 0. The van der Waals surface area contributed by atoms with Crippen molar-refractivity contribution in [2.24, 2.45) is 16.8 Å². The highest BCUT2D eigenvalue weighted by Crippen LogP contribution is 2.29. The van der Waals surface area contributed by atoms with E-state index in [1.807, 2.05) is 18.3 Å². The summed E-state index contributed by atoms with van der Waals surface area (Å²) in [6.07, 6.45) is 5.55. The van der Waals surface area contributed by atoms with Crippen molar-refractivity contribution in [2.45, 2.75) is 39.7 Å². The maximum atomic E-state index is 5.78. The van der Waals surface area contributed by atoms with Crippen LogP contribution in [-0.4, -0.2) is 55.3 Å². The Labute approximate surface area is 180 Å². The number of aliphatic imine (C=N–C) groups is 1. The molecule has 1 atom stereocenters. The van der Waals surface area contributed by atoms with Crippen LogP contribution in [0.25, 0.3) is 0 Å². The van der Waals surface area contributed by atoms with Gasteiger partial charge in [0.15, 0.2) is 5.96 Å². The number of hydrogen-bond acceptors (Lipinski definition) is 4. The highest BCUT2D eigenvalue weighted by atomic mass is 127. The second-order valence-corrected chi connectivity index (χ2v) is 7.19. The molecule has 3 rings (SSSR count). The van der Waals surface area contributed by atoms with Crippen LogP contribution in [0.4, 0.5) is 0 Å². The zero-order valence-electron chi connectivity index (χ0n) is 16.5. The molecule has 0 aromatic carbocycles. The summed E-state index contributed by atoms with van der Waals surface area (Å²) in [5.41, 5.74) is 1.13. The third kappa shape index (κ3) is 7.44. The summed E-state index contributed by atoms with van der Waals surface area (Å²) in [5.74, 6) is 3.04. The number of pyridine rings is 1. The summed E-state index contributed by atoms with van der Waals surface area (Å²) in [6.45, 7) is 10.1.